The van der Waals surface area contributed by atoms with Gasteiger partial charge in [-0.25, -0.2) is 0 Å². The minimum Gasteiger partial charge on any atom is -0.489 e. The molecule has 0 N–H and O–H groups in total. The molecule has 1 fully saturated rings. The average Bonchev–Trinajstić information content (AvgIpc) is 2.94. The summed E-state index contributed by atoms with van der Waals surface area (Å²) in [4.78, 5) is 14.1. The van der Waals surface area contributed by atoms with Gasteiger partial charge in [-0.1, -0.05) is 70.2 Å². The molecule has 1 unspecified atom stereocenters. The summed E-state index contributed by atoms with van der Waals surface area (Å²) in [5, 5.41) is 0. The van der Waals surface area contributed by atoms with Crippen molar-refractivity contribution in [3.05, 3.63) is 89.5 Å². The summed E-state index contributed by atoms with van der Waals surface area (Å²) in [6, 6.07) is 25.3. The molecule has 4 nitrogen and oxygen atoms in total. The molecule has 0 aliphatic carbocycles. The molecule has 38 heavy (non-hydrogen) atoms. The van der Waals surface area contributed by atoms with E-state index in [9.17, 15) is 4.79 Å². The zero-order valence-corrected chi connectivity index (χ0v) is 24.0. The van der Waals surface area contributed by atoms with E-state index in [-0.39, 0.29) is 11.9 Å². The molecule has 3 aromatic rings. The molecule has 2 aliphatic heterocycles. The smallest absolute Gasteiger partial charge is 0.170 e. The molecule has 0 spiro atoms. The van der Waals surface area contributed by atoms with Gasteiger partial charge in [0.25, 0.3) is 0 Å². The number of ketones is 1. The molecule has 0 aromatic heterocycles. The highest BCUT2D eigenvalue weighted by Crippen LogP contribution is 2.38. The van der Waals surface area contributed by atoms with Crippen molar-refractivity contribution in [2.75, 3.05) is 17.5 Å². The Balaban J connectivity index is 0.000000786. The maximum atomic E-state index is 13.1. The summed E-state index contributed by atoms with van der Waals surface area (Å²) in [7, 11) is 0. The molecule has 202 valence electrons. The van der Waals surface area contributed by atoms with E-state index in [0.717, 1.165) is 61.3 Å². The van der Waals surface area contributed by atoms with Crippen molar-refractivity contribution in [3.63, 3.8) is 0 Å². The molecule has 1 saturated heterocycles. The van der Waals surface area contributed by atoms with Crippen LogP contribution in [0.15, 0.2) is 77.7 Å². The van der Waals surface area contributed by atoms with Gasteiger partial charge in [-0.05, 0) is 78.6 Å². The molecule has 5 heteroatoms. The molecular weight excluding hydrogens is 490 g/mol. The first kappa shape index (κ1) is 28.3. The van der Waals surface area contributed by atoms with Crippen molar-refractivity contribution < 1.29 is 14.3 Å². The molecule has 3 aromatic carbocycles. The summed E-state index contributed by atoms with van der Waals surface area (Å²) in [5.41, 5.74) is 4.41. The van der Waals surface area contributed by atoms with E-state index in [1.54, 1.807) is 11.9 Å². The SMILES string of the molecule is CC(C)C.CCc1ccc(N(Cc2ccccc2)Sc2ccc3c(c2)C(=O)CC(C2CCOCC2)O3)cc1. The zero-order chi connectivity index (χ0) is 26.9. The summed E-state index contributed by atoms with van der Waals surface area (Å²) in [5.74, 6) is 2.13. The van der Waals surface area contributed by atoms with E-state index in [4.69, 9.17) is 9.47 Å². The van der Waals surface area contributed by atoms with Crippen LogP contribution in [-0.4, -0.2) is 25.1 Å². The van der Waals surface area contributed by atoms with Gasteiger partial charge in [0.05, 0.1) is 12.1 Å². The highest BCUT2D eigenvalue weighted by molar-refractivity contribution is 8.00. The Kier molecular flexibility index (Phi) is 10.3. The number of Topliss-reactive ketones (excluding diaryl/α,β-unsaturated/α-hetero) is 1. The minimum absolute atomic E-state index is 0.0333. The highest BCUT2D eigenvalue weighted by atomic mass is 32.2. The van der Waals surface area contributed by atoms with Gasteiger partial charge in [-0.15, -0.1) is 0 Å². The number of carbonyl (C=O) groups excluding carboxylic acids is 1. The van der Waals surface area contributed by atoms with Gasteiger partial charge >= 0.3 is 0 Å². The van der Waals surface area contributed by atoms with Crippen LogP contribution in [0.2, 0.25) is 0 Å². The third kappa shape index (κ3) is 7.87. The quantitative estimate of drug-likeness (QED) is 0.286. The average molecular weight is 532 g/mol. The number of aryl methyl sites for hydroxylation is 1. The first-order valence-corrected chi connectivity index (χ1v) is 14.7. The van der Waals surface area contributed by atoms with Crippen molar-refractivity contribution in [2.45, 2.75) is 70.9 Å². The number of rotatable bonds is 7. The number of anilines is 1. The second-order valence-electron chi connectivity index (χ2n) is 10.8. The van der Waals surface area contributed by atoms with Crippen LogP contribution in [0.3, 0.4) is 0 Å². The van der Waals surface area contributed by atoms with Crippen LogP contribution >= 0.6 is 11.9 Å². The lowest BCUT2D eigenvalue weighted by Crippen LogP contribution is -2.36. The van der Waals surface area contributed by atoms with Crippen LogP contribution in [-0.2, 0) is 17.7 Å². The lowest BCUT2D eigenvalue weighted by molar-refractivity contribution is 0.0119. The van der Waals surface area contributed by atoms with Crippen LogP contribution in [0.4, 0.5) is 5.69 Å². The molecule has 5 rings (SSSR count). The first-order valence-electron chi connectivity index (χ1n) is 13.9. The number of ether oxygens (including phenoxy) is 2. The van der Waals surface area contributed by atoms with Gasteiger partial charge < -0.3 is 13.8 Å². The molecule has 0 radical (unpaired) electrons. The van der Waals surface area contributed by atoms with Gasteiger partial charge in [-0.2, -0.15) is 0 Å². The monoisotopic (exact) mass is 531 g/mol. The topological polar surface area (TPSA) is 38.8 Å². The normalized spacial score (nSPS) is 17.3. The number of hydrogen-bond acceptors (Lipinski definition) is 5. The van der Waals surface area contributed by atoms with Gasteiger partial charge in [0.1, 0.15) is 11.9 Å². The predicted octanol–water partition coefficient (Wildman–Crippen LogP) is 8.39. The number of nitrogens with zero attached hydrogens (tertiary/aromatic N) is 1. The third-order valence-electron chi connectivity index (χ3n) is 6.73. The Labute approximate surface area is 232 Å². The van der Waals surface area contributed by atoms with Crippen LogP contribution < -0.4 is 9.04 Å². The van der Waals surface area contributed by atoms with E-state index in [1.165, 1.54) is 11.1 Å². The second kappa shape index (κ2) is 13.9. The van der Waals surface area contributed by atoms with Crippen LogP contribution in [0.1, 0.15) is 68.4 Å². The van der Waals surface area contributed by atoms with E-state index >= 15 is 0 Å². The van der Waals surface area contributed by atoms with Crippen LogP contribution in [0, 0.1) is 11.8 Å². The highest BCUT2D eigenvalue weighted by Gasteiger charge is 2.33. The first-order chi connectivity index (χ1) is 18.4. The standard InChI is InChI=1S/C29H31NO3S.C4H10/c1-2-21-8-10-24(11-9-21)30(20-22-6-4-3-5-7-22)34-25-12-13-28-26(18-25)27(31)19-29(33-28)23-14-16-32-17-15-23;1-4(2)3/h3-13,18,23,29H,2,14-17,19-20H2,1H3;4H,1-3H3. The predicted molar refractivity (Wildman–Crippen MR) is 158 cm³/mol. The number of hydrogen-bond donors (Lipinski definition) is 0. The van der Waals surface area contributed by atoms with E-state index < -0.39 is 0 Å². The summed E-state index contributed by atoms with van der Waals surface area (Å²) < 4.78 is 14.1. The molecule has 1 atom stereocenters. The number of carbonyl (C=O) groups is 1. The van der Waals surface area contributed by atoms with Crippen LogP contribution in [0.5, 0.6) is 5.75 Å². The fraction of sp³-hybridized carbons (Fsp3) is 0.424. The van der Waals surface area contributed by atoms with E-state index in [1.807, 2.05) is 18.2 Å². The summed E-state index contributed by atoms with van der Waals surface area (Å²) in [6.07, 6.45) is 3.37. The van der Waals surface area contributed by atoms with Gasteiger partial charge in [0, 0.05) is 36.1 Å². The lowest BCUT2D eigenvalue weighted by Gasteiger charge is -2.33. The molecule has 0 bridgehead atoms. The Bertz CT molecular complexity index is 1150. The largest absolute Gasteiger partial charge is 0.489 e. The van der Waals surface area contributed by atoms with Crippen molar-refractivity contribution >= 4 is 23.4 Å². The van der Waals surface area contributed by atoms with Crippen molar-refractivity contribution in [2.24, 2.45) is 11.8 Å². The maximum Gasteiger partial charge on any atom is 0.170 e. The second-order valence-corrected chi connectivity index (χ2v) is 11.9. The van der Waals surface area contributed by atoms with E-state index in [2.05, 4.69) is 86.6 Å². The van der Waals surface area contributed by atoms with Crippen molar-refractivity contribution in [1.29, 1.82) is 0 Å². The minimum atomic E-state index is -0.0333. The summed E-state index contributed by atoms with van der Waals surface area (Å²) >= 11 is 1.66. The van der Waals surface area contributed by atoms with E-state index in [0.29, 0.717) is 17.9 Å². The third-order valence-corrected chi connectivity index (χ3v) is 7.75. The Morgan fingerprint density at radius 1 is 0.921 bits per heavy atom. The molecule has 0 saturated carbocycles. The zero-order valence-electron chi connectivity index (χ0n) is 23.2. The Morgan fingerprint density at radius 3 is 2.26 bits per heavy atom. The Hall–Kier alpha value is -2.76. The lowest BCUT2D eigenvalue weighted by atomic mass is 9.87. The summed E-state index contributed by atoms with van der Waals surface area (Å²) in [6.45, 7) is 11.0. The van der Waals surface area contributed by atoms with Gasteiger partial charge in [0.15, 0.2) is 5.78 Å². The van der Waals surface area contributed by atoms with Crippen molar-refractivity contribution in [1.82, 2.24) is 0 Å². The number of benzene rings is 3. The molecular formula is C33H41NO3S. The maximum absolute atomic E-state index is 13.1. The Morgan fingerprint density at radius 2 is 1.61 bits per heavy atom. The molecule has 2 heterocycles. The van der Waals surface area contributed by atoms with Crippen LogP contribution in [0.25, 0.3) is 0 Å². The fourth-order valence-corrected chi connectivity index (χ4v) is 5.68. The fourth-order valence-electron chi connectivity index (χ4n) is 4.69. The van der Waals surface area contributed by atoms with Gasteiger partial charge in [0.2, 0.25) is 0 Å². The van der Waals surface area contributed by atoms with Crippen molar-refractivity contribution in [3.8, 4) is 5.75 Å². The number of fused-ring (bicyclic) bond motifs is 1. The van der Waals surface area contributed by atoms with Gasteiger partial charge in [-0.3, -0.25) is 4.79 Å². The molecule has 0 amide bonds. The molecule has 2 aliphatic rings.